The topological polar surface area (TPSA) is 40.5 Å². The Morgan fingerprint density at radius 1 is 1.00 bits per heavy atom. The average Bonchev–Trinajstić information content (AvgIpc) is 2.96. The number of hydrogen-bond acceptors (Lipinski definition) is 2. The van der Waals surface area contributed by atoms with Gasteiger partial charge >= 0.3 is 0 Å². The van der Waals surface area contributed by atoms with Gasteiger partial charge in [-0.1, -0.05) is 52.4 Å². The Morgan fingerprint density at radius 3 is 2.50 bits per heavy atom. The van der Waals surface area contributed by atoms with E-state index in [-0.39, 0.29) is 6.10 Å². The van der Waals surface area contributed by atoms with Crippen molar-refractivity contribution in [2.75, 3.05) is 0 Å². The molecule has 0 amide bonds. The minimum Gasteiger partial charge on any atom is -0.393 e. The SMILES string of the molecule is C[C@@H](CCCC1CCC2C(CCC3CCCC(O)C3)CCCC12C)C(C)(C)O. The third-order valence-electron chi connectivity index (χ3n) is 9.56. The molecule has 0 bridgehead atoms. The van der Waals surface area contributed by atoms with Crippen molar-refractivity contribution >= 4 is 0 Å². The lowest BCUT2D eigenvalue weighted by atomic mass is 9.59. The van der Waals surface area contributed by atoms with Crippen molar-refractivity contribution in [3.8, 4) is 0 Å². The fourth-order valence-corrected chi connectivity index (χ4v) is 7.27. The minimum absolute atomic E-state index is 0.0162. The molecule has 0 aliphatic heterocycles. The average molecular weight is 393 g/mol. The van der Waals surface area contributed by atoms with E-state index in [1.54, 1.807) is 0 Å². The zero-order valence-electron chi connectivity index (χ0n) is 19.3. The molecule has 0 aromatic carbocycles. The Hall–Kier alpha value is -0.0800. The highest BCUT2D eigenvalue weighted by Crippen LogP contribution is 2.59. The van der Waals surface area contributed by atoms with Crippen LogP contribution in [-0.2, 0) is 0 Å². The lowest BCUT2D eigenvalue weighted by Crippen LogP contribution is -2.37. The van der Waals surface area contributed by atoms with Crippen LogP contribution in [0.25, 0.3) is 0 Å². The first-order chi connectivity index (χ1) is 13.2. The lowest BCUT2D eigenvalue weighted by Gasteiger charge is -2.46. The molecule has 28 heavy (non-hydrogen) atoms. The van der Waals surface area contributed by atoms with Gasteiger partial charge in [0.15, 0.2) is 0 Å². The highest BCUT2D eigenvalue weighted by atomic mass is 16.3. The molecule has 7 atom stereocenters. The molecule has 0 saturated heterocycles. The predicted octanol–water partition coefficient (Wildman–Crippen LogP) is 6.73. The Balaban J connectivity index is 1.49. The van der Waals surface area contributed by atoms with Gasteiger partial charge < -0.3 is 10.2 Å². The molecular formula is C26H48O2. The van der Waals surface area contributed by atoms with E-state index in [4.69, 9.17) is 0 Å². The Kier molecular flexibility index (Phi) is 7.57. The van der Waals surface area contributed by atoms with Crippen molar-refractivity contribution in [2.45, 2.75) is 129 Å². The van der Waals surface area contributed by atoms with Gasteiger partial charge in [0.05, 0.1) is 11.7 Å². The molecule has 2 heteroatoms. The molecule has 3 saturated carbocycles. The summed E-state index contributed by atoms with van der Waals surface area (Å²) in [6, 6.07) is 0. The molecule has 3 aliphatic rings. The second kappa shape index (κ2) is 9.38. The van der Waals surface area contributed by atoms with Crippen LogP contribution in [0.1, 0.15) is 118 Å². The number of hydrogen-bond donors (Lipinski definition) is 2. The molecule has 0 spiro atoms. The van der Waals surface area contributed by atoms with Gasteiger partial charge in [-0.15, -0.1) is 0 Å². The van der Waals surface area contributed by atoms with Gasteiger partial charge in [-0.25, -0.2) is 0 Å². The van der Waals surface area contributed by atoms with Crippen LogP contribution >= 0.6 is 0 Å². The molecule has 3 rings (SSSR count). The molecule has 164 valence electrons. The summed E-state index contributed by atoms with van der Waals surface area (Å²) in [6.45, 7) is 8.76. The van der Waals surface area contributed by atoms with Crippen LogP contribution in [0.3, 0.4) is 0 Å². The van der Waals surface area contributed by atoms with E-state index in [0.29, 0.717) is 11.3 Å². The summed E-state index contributed by atoms with van der Waals surface area (Å²) in [6.07, 6.45) is 18.5. The summed E-state index contributed by atoms with van der Waals surface area (Å²) in [5, 5.41) is 20.2. The molecule has 0 aromatic heterocycles. The lowest BCUT2D eigenvalue weighted by molar-refractivity contribution is 0.0155. The van der Waals surface area contributed by atoms with Crippen LogP contribution in [0, 0.1) is 35.0 Å². The zero-order chi connectivity index (χ0) is 20.4. The first kappa shape index (κ1) is 22.6. The van der Waals surface area contributed by atoms with Gasteiger partial charge in [-0.3, -0.25) is 0 Å². The maximum Gasteiger partial charge on any atom is 0.0617 e. The van der Waals surface area contributed by atoms with E-state index >= 15 is 0 Å². The monoisotopic (exact) mass is 392 g/mol. The molecule has 0 aromatic rings. The third-order valence-corrected chi connectivity index (χ3v) is 9.56. The van der Waals surface area contributed by atoms with Gasteiger partial charge in [-0.2, -0.15) is 0 Å². The molecule has 2 nitrogen and oxygen atoms in total. The Bertz CT molecular complexity index is 481. The quantitative estimate of drug-likeness (QED) is 0.481. The van der Waals surface area contributed by atoms with E-state index in [1.807, 2.05) is 13.8 Å². The fourth-order valence-electron chi connectivity index (χ4n) is 7.27. The van der Waals surface area contributed by atoms with E-state index < -0.39 is 5.60 Å². The molecule has 2 N–H and O–H groups in total. The van der Waals surface area contributed by atoms with E-state index in [2.05, 4.69) is 13.8 Å². The third kappa shape index (κ3) is 5.34. The van der Waals surface area contributed by atoms with Crippen LogP contribution in [-0.4, -0.2) is 21.9 Å². The largest absolute Gasteiger partial charge is 0.393 e. The second-order valence-electron chi connectivity index (χ2n) is 11.8. The Morgan fingerprint density at radius 2 is 1.79 bits per heavy atom. The smallest absolute Gasteiger partial charge is 0.0617 e. The summed E-state index contributed by atoms with van der Waals surface area (Å²) in [5.74, 6) is 3.98. The summed E-state index contributed by atoms with van der Waals surface area (Å²) in [5.41, 5.74) is 0.0394. The number of aliphatic hydroxyl groups excluding tert-OH is 1. The van der Waals surface area contributed by atoms with Crippen molar-refractivity contribution in [1.82, 2.24) is 0 Å². The van der Waals surface area contributed by atoms with E-state index in [1.165, 1.54) is 70.6 Å². The highest BCUT2D eigenvalue weighted by Gasteiger charge is 2.50. The van der Waals surface area contributed by atoms with Crippen LogP contribution in [0.4, 0.5) is 0 Å². The maximum atomic E-state index is 10.2. The zero-order valence-corrected chi connectivity index (χ0v) is 19.3. The minimum atomic E-state index is -0.537. The number of fused-ring (bicyclic) bond motifs is 1. The molecular weight excluding hydrogens is 344 g/mol. The number of rotatable bonds is 8. The van der Waals surface area contributed by atoms with Crippen LogP contribution in [0.5, 0.6) is 0 Å². The standard InChI is InChI=1S/C26H48O2/c1-19(25(2,3)28)8-5-11-22-15-16-24-21(10-7-17-26(22,24)4)14-13-20-9-6-12-23(27)18-20/h19-24,27-28H,5-18H2,1-4H3/t19-,20?,21?,22?,23?,24?,26?/m0/s1. The Labute approximate surface area is 174 Å². The summed E-state index contributed by atoms with van der Waals surface area (Å²) >= 11 is 0. The normalized spacial score (nSPS) is 40.3. The summed E-state index contributed by atoms with van der Waals surface area (Å²) in [7, 11) is 0. The highest BCUT2D eigenvalue weighted by molar-refractivity contribution is 5.00. The first-order valence-electron chi connectivity index (χ1n) is 12.6. The molecule has 0 radical (unpaired) electrons. The van der Waals surface area contributed by atoms with Crippen LogP contribution in [0.2, 0.25) is 0 Å². The molecule has 3 fully saturated rings. The van der Waals surface area contributed by atoms with Crippen molar-refractivity contribution in [2.24, 2.45) is 35.0 Å². The predicted molar refractivity (Wildman–Crippen MR) is 118 cm³/mol. The molecule has 0 heterocycles. The van der Waals surface area contributed by atoms with Crippen molar-refractivity contribution in [1.29, 1.82) is 0 Å². The van der Waals surface area contributed by atoms with Gasteiger partial charge in [0, 0.05) is 0 Å². The summed E-state index contributed by atoms with van der Waals surface area (Å²) < 4.78 is 0. The van der Waals surface area contributed by atoms with Gasteiger partial charge in [-0.05, 0) is 100 Å². The van der Waals surface area contributed by atoms with Gasteiger partial charge in [0.1, 0.15) is 0 Å². The maximum absolute atomic E-state index is 10.2. The van der Waals surface area contributed by atoms with Crippen molar-refractivity contribution in [3.05, 3.63) is 0 Å². The number of aliphatic hydroxyl groups is 2. The van der Waals surface area contributed by atoms with Crippen molar-refractivity contribution < 1.29 is 10.2 Å². The second-order valence-corrected chi connectivity index (χ2v) is 11.8. The fraction of sp³-hybridized carbons (Fsp3) is 1.00. The first-order valence-corrected chi connectivity index (χ1v) is 12.6. The van der Waals surface area contributed by atoms with Crippen LogP contribution in [0.15, 0.2) is 0 Å². The van der Waals surface area contributed by atoms with E-state index in [0.717, 1.165) is 42.9 Å². The van der Waals surface area contributed by atoms with E-state index in [9.17, 15) is 10.2 Å². The summed E-state index contributed by atoms with van der Waals surface area (Å²) in [4.78, 5) is 0. The van der Waals surface area contributed by atoms with Crippen molar-refractivity contribution in [3.63, 3.8) is 0 Å². The van der Waals surface area contributed by atoms with Crippen LogP contribution < -0.4 is 0 Å². The molecule has 3 aliphatic carbocycles. The molecule has 6 unspecified atom stereocenters. The van der Waals surface area contributed by atoms with Gasteiger partial charge in [0.25, 0.3) is 0 Å². The van der Waals surface area contributed by atoms with Gasteiger partial charge in [0.2, 0.25) is 0 Å².